The minimum absolute atomic E-state index is 0.264. The number of hydrogen-bond acceptors (Lipinski definition) is 3. The first-order valence-corrected chi connectivity index (χ1v) is 8.03. The molecule has 0 saturated carbocycles. The smallest absolute Gasteiger partial charge is 0.257 e. The van der Waals surface area contributed by atoms with Gasteiger partial charge in [-0.2, -0.15) is 0 Å². The summed E-state index contributed by atoms with van der Waals surface area (Å²) in [6, 6.07) is 7.93. The van der Waals surface area contributed by atoms with Crippen molar-refractivity contribution in [2.45, 2.75) is 6.42 Å². The Balaban J connectivity index is 1.87. The molecule has 0 unspecified atom stereocenters. The molecule has 4 nitrogen and oxygen atoms in total. The van der Waals surface area contributed by atoms with E-state index < -0.39 is 0 Å². The first-order valence-electron chi connectivity index (χ1n) is 6.90. The second kappa shape index (κ2) is 6.87. The molecule has 120 valence electrons. The number of anilines is 1. The summed E-state index contributed by atoms with van der Waals surface area (Å²) in [7, 11) is 0. The number of carbonyl (C=O) groups is 1. The van der Waals surface area contributed by atoms with Gasteiger partial charge in [-0.15, -0.1) is 0 Å². The van der Waals surface area contributed by atoms with Crippen LogP contribution in [0.25, 0.3) is 0 Å². The van der Waals surface area contributed by atoms with Crippen molar-refractivity contribution in [1.82, 2.24) is 0 Å². The molecule has 23 heavy (non-hydrogen) atoms. The van der Waals surface area contributed by atoms with Gasteiger partial charge in [0.05, 0.1) is 34.5 Å². The average Bonchev–Trinajstić information content (AvgIpc) is 2.72. The lowest BCUT2D eigenvalue weighted by Crippen LogP contribution is -2.13. The Morgan fingerprint density at radius 3 is 2.35 bits per heavy atom. The SMILES string of the molecule is O=C(Nc1cc2c(cc1Cl)OCCCO2)c1ccc(Cl)cc1Cl. The van der Waals surface area contributed by atoms with Gasteiger partial charge in [-0.05, 0) is 18.2 Å². The Hall–Kier alpha value is -1.62. The van der Waals surface area contributed by atoms with E-state index in [1.807, 2.05) is 0 Å². The monoisotopic (exact) mass is 371 g/mol. The van der Waals surface area contributed by atoms with Crippen molar-refractivity contribution in [3.63, 3.8) is 0 Å². The summed E-state index contributed by atoms with van der Waals surface area (Å²) < 4.78 is 11.1. The number of hydrogen-bond donors (Lipinski definition) is 1. The second-order valence-corrected chi connectivity index (χ2v) is 6.16. The maximum atomic E-state index is 12.4. The zero-order valence-corrected chi connectivity index (χ0v) is 14.1. The van der Waals surface area contributed by atoms with E-state index in [1.165, 1.54) is 6.07 Å². The highest BCUT2D eigenvalue weighted by atomic mass is 35.5. The number of halogens is 3. The number of ether oxygens (including phenoxy) is 2. The number of fused-ring (bicyclic) bond motifs is 1. The van der Waals surface area contributed by atoms with E-state index in [4.69, 9.17) is 44.3 Å². The summed E-state index contributed by atoms with van der Waals surface area (Å²) >= 11 is 18.1. The number of amides is 1. The molecule has 0 saturated heterocycles. The van der Waals surface area contributed by atoms with E-state index in [0.717, 1.165) is 6.42 Å². The van der Waals surface area contributed by atoms with Crippen LogP contribution >= 0.6 is 34.8 Å². The first-order chi connectivity index (χ1) is 11.0. The lowest BCUT2D eigenvalue weighted by Gasteiger charge is -2.13. The molecule has 1 aliphatic heterocycles. The van der Waals surface area contributed by atoms with Crippen molar-refractivity contribution in [3.05, 3.63) is 51.0 Å². The fourth-order valence-corrected chi connectivity index (χ4v) is 2.84. The summed E-state index contributed by atoms with van der Waals surface area (Å²) in [5.41, 5.74) is 0.728. The standard InChI is InChI=1S/C16H12Cl3NO3/c17-9-2-3-10(11(18)6-9)16(21)20-13-8-15-14(7-12(13)19)22-4-1-5-23-15/h2-3,6-8H,1,4-5H2,(H,20,21). The van der Waals surface area contributed by atoms with Gasteiger partial charge >= 0.3 is 0 Å². The highest BCUT2D eigenvalue weighted by Crippen LogP contribution is 2.38. The van der Waals surface area contributed by atoms with Gasteiger partial charge in [0.25, 0.3) is 5.91 Å². The summed E-state index contributed by atoms with van der Waals surface area (Å²) in [5.74, 6) is 0.725. The van der Waals surface area contributed by atoms with Crippen molar-refractivity contribution < 1.29 is 14.3 Å². The lowest BCUT2D eigenvalue weighted by molar-refractivity contribution is 0.102. The largest absolute Gasteiger partial charge is 0.490 e. The molecule has 2 aromatic rings. The predicted octanol–water partition coefficient (Wildman–Crippen LogP) is 5.06. The van der Waals surface area contributed by atoms with E-state index in [1.54, 1.807) is 24.3 Å². The summed E-state index contributed by atoms with van der Waals surface area (Å²) in [6.45, 7) is 1.11. The van der Waals surface area contributed by atoms with Gasteiger partial charge in [-0.25, -0.2) is 0 Å². The molecular formula is C16H12Cl3NO3. The molecule has 0 bridgehead atoms. The van der Waals surface area contributed by atoms with Crippen LogP contribution in [-0.4, -0.2) is 19.1 Å². The fourth-order valence-electron chi connectivity index (χ4n) is 2.14. The molecule has 1 amide bonds. The van der Waals surface area contributed by atoms with Gasteiger partial charge < -0.3 is 14.8 Å². The highest BCUT2D eigenvalue weighted by Gasteiger charge is 2.17. The van der Waals surface area contributed by atoms with E-state index in [0.29, 0.717) is 46.0 Å². The minimum Gasteiger partial charge on any atom is -0.490 e. The number of rotatable bonds is 2. The van der Waals surface area contributed by atoms with E-state index >= 15 is 0 Å². The molecule has 2 aromatic carbocycles. The molecule has 3 rings (SSSR count). The van der Waals surface area contributed by atoms with Crippen molar-refractivity contribution in [2.75, 3.05) is 18.5 Å². The van der Waals surface area contributed by atoms with Gasteiger partial charge in [0, 0.05) is 23.6 Å². The second-order valence-electron chi connectivity index (χ2n) is 4.91. The molecule has 0 atom stereocenters. The summed E-state index contributed by atoms with van der Waals surface area (Å²) in [4.78, 5) is 12.4. The molecule has 0 aromatic heterocycles. The molecule has 7 heteroatoms. The highest BCUT2D eigenvalue weighted by molar-refractivity contribution is 6.37. The third-order valence-corrected chi connectivity index (χ3v) is 4.12. The van der Waals surface area contributed by atoms with E-state index in [2.05, 4.69) is 5.32 Å². The minimum atomic E-state index is -0.386. The van der Waals surface area contributed by atoms with Crippen molar-refractivity contribution in [1.29, 1.82) is 0 Å². The molecule has 1 aliphatic rings. The number of nitrogens with one attached hydrogen (secondary N) is 1. The zero-order valence-electron chi connectivity index (χ0n) is 11.9. The van der Waals surface area contributed by atoms with Crippen LogP contribution in [0, 0.1) is 0 Å². The summed E-state index contributed by atoms with van der Waals surface area (Å²) in [5, 5.41) is 3.80. The maximum absolute atomic E-state index is 12.4. The molecule has 0 aliphatic carbocycles. The Kier molecular flexibility index (Phi) is 4.85. The van der Waals surface area contributed by atoms with Crippen molar-refractivity contribution >= 4 is 46.4 Å². The van der Waals surface area contributed by atoms with Crippen molar-refractivity contribution in [3.8, 4) is 11.5 Å². The van der Waals surface area contributed by atoms with Crippen LogP contribution in [0.5, 0.6) is 11.5 Å². The van der Waals surface area contributed by atoms with Crippen LogP contribution in [0.2, 0.25) is 15.1 Å². The van der Waals surface area contributed by atoms with Gasteiger partial charge in [-0.1, -0.05) is 34.8 Å². The van der Waals surface area contributed by atoms with Gasteiger partial charge in [-0.3, -0.25) is 4.79 Å². The van der Waals surface area contributed by atoms with E-state index in [9.17, 15) is 4.79 Å². The third kappa shape index (κ3) is 3.66. The van der Waals surface area contributed by atoms with Crippen LogP contribution < -0.4 is 14.8 Å². The van der Waals surface area contributed by atoms with Crippen LogP contribution in [0.1, 0.15) is 16.8 Å². The normalized spacial score (nSPS) is 13.3. The fraction of sp³-hybridized carbons (Fsp3) is 0.188. The third-order valence-electron chi connectivity index (χ3n) is 3.26. The van der Waals surface area contributed by atoms with Crippen molar-refractivity contribution in [2.24, 2.45) is 0 Å². The topological polar surface area (TPSA) is 47.6 Å². The molecule has 1 N–H and O–H groups in total. The molecule has 0 radical (unpaired) electrons. The Morgan fingerprint density at radius 2 is 1.65 bits per heavy atom. The summed E-state index contributed by atoms with van der Waals surface area (Å²) in [6.07, 6.45) is 0.786. The maximum Gasteiger partial charge on any atom is 0.257 e. The quantitative estimate of drug-likeness (QED) is 0.801. The zero-order chi connectivity index (χ0) is 16.4. The van der Waals surface area contributed by atoms with Gasteiger partial charge in [0.2, 0.25) is 0 Å². The Bertz CT molecular complexity index is 764. The molecular weight excluding hydrogens is 361 g/mol. The number of benzene rings is 2. The van der Waals surface area contributed by atoms with Crippen LogP contribution in [-0.2, 0) is 0 Å². The average molecular weight is 373 g/mol. The van der Waals surface area contributed by atoms with Crippen LogP contribution in [0.3, 0.4) is 0 Å². The lowest BCUT2D eigenvalue weighted by atomic mass is 10.2. The Morgan fingerprint density at radius 1 is 0.957 bits per heavy atom. The van der Waals surface area contributed by atoms with E-state index in [-0.39, 0.29) is 10.9 Å². The number of carbonyl (C=O) groups excluding carboxylic acids is 1. The van der Waals surface area contributed by atoms with Crippen LogP contribution in [0.15, 0.2) is 30.3 Å². The van der Waals surface area contributed by atoms with Gasteiger partial charge in [0.15, 0.2) is 11.5 Å². The molecule has 0 fully saturated rings. The molecule has 1 heterocycles. The van der Waals surface area contributed by atoms with Crippen LogP contribution in [0.4, 0.5) is 5.69 Å². The predicted molar refractivity (Wildman–Crippen MR) is 91.5 cm³/mol. The molecule has 0 spiro atoms. The first kappa shape index (κ1) is 16.2. The Labute approximate surface area is 148 Å². The van der Waals surface area contributed by atoms with Gasteiger partial charge in [0.1, 0.15) is 0 Å².